The minimum Gasteiger partial charge on any atom is -0.493 e. The monoisotopic (exact) mass is 238 g/mol. The minimum absolute atomic E-state index is 0.0517. The first kappa shape index (κ1) is 13.6. The summed E-state index contributed by atoms with van der Waals surface area (Å²) in [5.74, 6) is 0.766. The number of anilines is 2. The van der Waals surface area contributed by atoms with Crippen molar-refractivity contribution >= 4 is 11.4 Å². The van der Waals surface area contributed by atoms with Crippen LogP contribution >= 0.6 is 0 Å². The van der Waals surface area contributed by atoms with Crippen LogP contribution in [-0.2, 0) is 0 Å². The summed E-state index contributed by atoms with van der Waals surface area (Å²) in [6, 6.07) is 5.61. The second kappa shape index (κ2) is 7.01. The first-order valence-electron chi connectivity index (χ1n) is 6.10. The van der Waals surface area contributed by atoms with Crippen LogP contribution in [0.3, 0.4) is 0 Å². The van der Waals surface area contributed by atoms with Crippen molar-refractivity contribution < 1.29 is 9.84 Å². The van der Waals surface area contributed by atoms with Crippen molar-refractivity contribution in [2.45, 2.75) is 32.7 Å². The van der Waals surface area contributed by atoms with E-state index in [2.05, 4.69) is 12.2 Å². The van der Waals surface area contributed by atoms with Gasteiger partial charge >= 0.3 is 0 Å². The number of hydrogen-bond donors (Lipinski definition) is 3. The number of aliphatic hydroxyl groups is 1. The van der Waals surface area contributed by atoms with E-state index in [4.69, 9.17) is 15.6 Å². The highest BCUT2D eigenvalue weighted by atomic mass is 16.5. The molecule has 0 aliphatic rings. The van der Waals surface area contributed by atoms with Gasteiger partial charge in [0.05, 0.1) is 13.2 Å². The van der Waals surface area contributed by atoms with E-state index in [0.29, 0.717) is 12.3 Å². The summed E-state index contributed by atoms with van der Waals surface area (Å²) in [6.45, 7) is 4.87. The normalized spacial score (nSPS) is 12.2. The molecular weight excluding hydrogens is 216 g/mol. The Morgan fingerprint density at radius 2 is 2.12 bits per heavy atom. The highest BCUT2D eigenvalue weighted by Crippen LogP contribution is 2.23. The van der Waals surface area contributed by atoms with Crippen molar-refractivity contribution in [1.82, 2.24) is 0 Å². The van der Waals surface area contributed by atoms with Crippen molar-refractivity contribution in [3.8, 4) is 5.75 Å². The lowest BCUT2D eigenvalue weighted by Crippen LogP contribution is -2.22. The molecule has 4 nitrogen and oxygen atoms in total. The molecule has 0 spiro atoms. The Hall–Kier alpha value is -1.42. The van der Waals surface area contributed by atoms with Crippen LogP contribution in [0.5, 0.6) is 5.75 Å². The molecule has 0 aliphatic heterocycles. The van der Waals surface area contributed by atoms with Gasteiger partial charge in [-0.15, -0.1) is 0 Å². The van der Waals surface area contributed by atoms with Crippen LogP contribution in [0.4, 0.5) is 11.4 Å². The number of nitrogens with two attached hydrogens (primary N) is 1. The molecule has 0 fully saturated rings. The van der Waals surface area contributed by atoms with Gasteiger partial charge in [0.15, 0.2) is 0 Å². The largest absolute Gasteiger partial charge is 0.493 e. The maximum Gasteiger partial charge on any atom is 0.123 e. The fourth-order valence-corrected chi connectivity index (χ4v) is 1.52. The van der Waals surface area contributed by atoms with Gasteiger partial charge in [0.2, 0.25) is 0 Å². The van der Waals surface area contributed by atoms with Crippen molar-refractivity contribution in [2.24, 2.45) is 0 Å². The Labute approximate surface area is 103 Å². The summed E-state index contributed by atoms with van der Waals surface area (Å²) >= 11 is 0. The molecule has 0 amide bonds. The van der Waals surface area contributed by atoms with E-state index in [-0.39, 0.29) is 12.6 Å². The number of benzene rings is 1. The smallest absolute Gasteiger partial charge is 0.123 e. The van der Waals surface area contributed by atoms with Crippen molar-refractivity contribution in [3.05, 3.63) is 18.2 Å². The number of nitrogens with one attached hydrogen (secondary N) is 1. The molecule has 4 heteroatoms. The minimum atomic E-state index is 0.0517. The number of ether oxygens (including phenoxy) is 1. The van der Waals surface area contributed by atoms with Gasteiger partial charge in [-0.3, -0.25) is 0 Å². The molecule has 4 N–H and O–H groups in total. The van der Waals surface area contributed by atoms with Crippen LogP contribution in [0.15, 0.2) is 18.2 Å². The average Bonchev–Trinajstić information content (AvgIpc) is 2.32. The quantitative estimate of drug-likeness (QED) is 0.637. The summed E-state index contributed by atoms with van der Waals surface area (Å²) in [5.41, 5.74) is 7.35. The highest BCUT2D eigenvalue weighted by Gasteiger charge is 2.06. The average molecular weight is 238 g/mol. The lowest BCUT2D eigenvalue weighted by molar-refractivity contribution is 0.271. The number of aliphatic hydroxyl groups excluding tert-OH is 1. The summed E-state index contributed by atoms with van der Waals surface area (Å²) < 4.78 is 5.54. The first-order chi connectivity index (χ1) is 8.19. The maximum atomic E-state index is 9.14. The van der Waals surface area contributed by atoms with Gasteiger partial charge in [0.25, 0.3) is 0 Å². The third-order valence-electron chi connectivity index (χ3n) is 2.49. The Morgan fingerprint density at radius 1 is 1.35 bits per heavy atom. The predicted molar refractivity (Wildman–Crippen MR) is 71.4 cm³/mol. The van der Waals surface area contributed by atoms with E-state index in [0.717, 1.165) is 24.3 Å². The molecule has 1 aromatic carbocycles. The van der Waals surface area contributed by atoms with Crippen molar-refractivity contribution in [1.29, 1.82) is 0 Å². The zero-order valence-corrected chi connectivity index (χ0v) is 10.6. The molecule has 1 rings (SSSR count). The summed E-state index contributed by atoms with van der Waals surface area (Å²) in [5, 5.41) is 12.4. The van der Waals surface area contributed by atoms with Gasteiger partial charge in [-0.25, -0.2) is 0 Å². The van der Waals surface area contributed by atoms with Crippen LogP contribution in [0, 0.1) is 0 Å². The molecule has 0 aliphatic carbocycles. The van der Waals surface area contributed by atoms with Gasteiger partial charge in [0.1, 0.15) is 5.75 Å². The van der Waals surface area contributed by atoms with Crippen LogP contribution in [-0.4, -0.2) is 24.4 Å². The Kier molecular flexibility index (Phi) is 5.63. The van der Waals surface area contributed by atoms with Crippen LogP contribution in [0.1, 0.15) is 26.7 Å². The fraction of sp³-hybridized carbons (Fsp3) is 0.538. The maximum absolute atomic E-state index is 9.14. The first-order valence-corrected chi connectivity index (χ1v) is 6.10. The molecule has 1 unspecified atom stereocenters. The Morgan fingerprint density at radius 3 is 2.71 bits per heavy atom. The molecule has 1 atom stereocenters. The van der Waals surface area contributed by atoms with E-state index < -0.39 is 0 Å². The van der Waals surface area contributed by atoms with Gasteiger partial charge < -0.3 is 20.9 Å². The lowest BCUT2D eigenvalue weighted by atomic mass is 10.2. The zero-order chi connectivity index (χ0) is 12.7. The molecular formula is C13H22N2O2. The fourth-order valence-electron chi connectivity index (χ4n) is 1.52. The standard InChI is InChI=1S/C13H22N2O2/c1-3-5-17-13-7-10(14)6-12(8-13)15-11(4-2)9-16/h6-8,11,15-16H,3-5,9,14H2,1-2H3. The number of hydrogen-bond acceptors (Lipinski definition) is 4. The Balaban J connectivity index is 2.74. The second-order valence-corrected chi connectivity index (χ2v) is 4.07. The number of rotatable bonds is 7. The van der Waals surface area contributed by atoms with Gasteiger partial charge in [0, 0.05) is 29.5 Å². The third kappa shape index (κ3) is 4.53. The lowest BCUT2D eigenvalue weighted by Gasteiger charge is -2.17. The topological polar surface area (TPSA) is 67.5 Å². The van der Waals surface area contributed by atoms with E-state index in [1.54, 1.807) is 6.07 Å². The van der Waals surface area contributed by atoms with Crippen molar-refractivity contribution in [3.63, 3.8) is 0 Å². The SMILES string of the molecule is CCCOc1cc(N)cc(NC(CC)CO)c1. The molecule has 96 valence electrons. The van der Waals surface area contributed by atoms with Gasteiger partial charge in [-0.1, -0.05) is 13.8 Å². The van der Waals surface area contributed by atoms with Crippen molar-refractivity contribution in [2.75, 3.05) is 24.3 Å². The van der Waals surface area contributed by atoms with Crippen LogP contribution in [0.25, 0.3) is 0 Å². The Bertz CT molecular complexity index is 338. The number of nitrogen functional groups attached to an aromatic ring is 1. The summed E-state index contributed by atoms with van der Waals surface area (Å²) in [4.78, 5) is 0. The van der Waals surface area contributed by atoms with E-state index in [1.807, 2.05) is 19.1 Å². The summed E-state index contributed by atoms with van der Waals surface area (Å²) in [6.07, 6.45) is 1.82. The van der Waals surface area contributed by atoms with E-state index in [9.17, 15) is 0 Å². The van der Waals surface area contributed by atoms with E-state index in [1.165, 1.54) is 0 Å². The molecule has 0 saturated carbocycles. The van der Waals surface area contributed by atoms with Gasteiger partial charge in [-0.2, -0.15) is 0 Å². The molecule has 1 aromatic rings. The van der Waals surface area contributed by atoms with E-state index >= 15 is 0 Å². The van der Waals surface area contributed by atoms with Gasteiger partial charge in [-0.05, 0) is 18.9 Å². The molecule has 0 saturated heterocycles. The predicted octanol–water partition coefficient (Wildman–Crippen LogP) is 2.24. The molecule has 0 radical (unpaired) electrons. The molecule has 17 heavy (non-hydrogen) atoms. The molecule has 0 bridgehead atoms. The third-order valence-corrected chi connectivity index (χ3v) is 2.49. The second-order valence-electron chi connectivity index (χ2n) is 4.07. The zero-order valence-electron chi connectivity index (χ0n) is 10.6. The van der Waals surface area contributed by atoms with Crippen LogP contribution in [0.2, 0.25) is 0 Å². The molecule has 0 heterocycles. The highest BCUT2D eigenvalue weighted by molar-refractivity contribution is 5.59. The summed E-state index contributed by atoms with van der Waals surface area (Å²) in [7, 11) is 0. The van der Waals surface area contributed by atoms with Crippen LogP contribution < -0.4 is 15.8 Å². The molecule has 0 aromatic heterocycles.